The number of hydrogen-bond acceptors (Lipinski definition) is 30. The number of nitrogens with zero attached hydrogens (tertiary/aromatic N) is 27. The fraction of sp³-hybridized carbons (Fsp3) is 0.402. The average Bonchev–Trinajstić information content (AvgIpc) is 1.73. The molecule has 0 amide bonds. The summed E-state index contributed by atoms with van der Waals surface area (Å²) >= 11 is 0. The van der Waals surface area contributed by atoms with Gasteiger partial charge in [0.2, 0.25) is 39.7 Å². The van der Waals surface area contributed by atoms with Gasteiger partial charge in [0, 0.05) is 127 Å². The Hall–Kier alpha value is -14.3. The van der Waals surface area contributed by atoms with E-state index < -0.39 is 31.1 Å². The molecule has 13 aromatic rings. The summed E-state index contributed by atoms with van der Waals surface area (Å²) in [4.78, 5) is 60.9. The first-order valence-corrected chi connectivity index (χ1v) is 50.9. The monoisotopic (exact) mass is 1970 g/mol. The highest BCUT2D eigenvalue weighted by molar-refractivity contribution is 7.89. The number of sulfonamides is 2. The lowest BCUT2D eigenvalue weighted by Gasteiger charge is -2.46. The quantitative estimate of drug-likeness (QED) is 0.0386. The highest BCUT2D eigenvalue weighted by Crippen LogP contribution is 2.43. The maximum absolute atomic E-state index is 13.0. The van der Waals surface area contributed by atoms with Crippen LogP contribution in [-0.4, -0.2) is 279 Å². The van der Waals surface area contributed by atoms with Crippen LogP contribution in [0.25, 0.3) is 59.6 Å². The van der Waals surface area contributed by atoms with Gasteiger partial charge in [-0.25, -0.2) is 76.4 Å². The van der Waals surface area contributed by atoms with Crippen LogP contribution in [0, 0.1) is 47.4 Å². The third-order valence-electron chi connectivity index (χ3n) is 28.2. The van der Waals surface area contributed by atoms with E-state index in [0.717, 1.165) is 151 Å². The largest absolute Gasteiger partial charge is 0.433 e. The molecule has 8 aliphatic heterocycles. The van der Waals surface area contributed by atoms with E-state index in [1.165, 1.54) is 87.8 Å². The third kappa shape index (κ3) is 20.9. The molecule has 0 unspecified atom stereocenters. The number of aryl methyl sites for hydroxylation is 4. The third-order valence-corrected chi connectivity index (χ3v) is 31.8. The summed E-state index contributed by atoms with van der Waals surface area (Å²) in [5.74, 6) is 3.56. The first kappa shape index (κ1) is 98.9. The van der Waals surface area contributed by atoms with E-state index in [-0.39, 0.29) is 96.4 Å². The van der Waals surface area contributed by atoms with Gasteiger partial charge in [-0.2, -0.15) is 29.0 Å². The highest BCUT2D eigenvalue weighted by atomic mass is 32.2. The van der Waals surface area contributed by atoms with Crippen LogP contribution < -0.4 is 41.9 Å². The van der Waals surface area contributed by atoms with E-state index in [4.69, 9.17) is 71.6 Å². The van der Waals surface area contributed by atoms with Gasteiger partial charge in [0.25, 0.3) is 23.5 Å². The van der Waals surface area contributed by atoms with Crippen LogP contribution in [0.15, 0.2) is 158 Å². The Morgan fingerprint density at radius 3 is 1.02 bits per heavy atom. The molecule has 0 spiro atoms. The van der Waals surface area contributed by atoms with Crippen LogP contribution >= 0.6 is 0 Å². The minimum atomic E-state index is -3.67. The molecule has 0 saturated carbocycles. The van der Waals surface area contributed by atoms with Gasteiger partial charge in [0.1, 0.15) is 0 Å². The van der Waals surface area contributed by atoms with Gasteiger partial charge in [-0.3, -0.25) is 28.5 Å². The van der Waals surface area contributed by atoms with Crippen LogP contribution in [0.1, 0.15) is 93.6 Å². The Morgan fingerprint density at radius 1 is 0.399 bits per heavy atom. The van der Waals surface area contributed by atoms with Crippen LogP contribution in [0.4, 0.5) is 23.3 Å². The molecule has 742 valence electrons. The van der Waals surface area contributed by atoms with Crippen LogP contribution in [0.2, 0.25) is 0 Å². The minimum absolute atomic E-state index is 0.0172. The van der Waals surface area contributed by atoms with Crippen molar-refractivity contribution < 1.29 is 35.8 Å². The Balaban J connectivity index is 0.000000126. The van der Waals surface area contributed by atoms with Gasteiger partial charge < -0.3 is 76.0 Å². The molecule has 0 aliphatic carbocycles. The van der Waals surface area contributed by atoms with E-state index in [9.17, 15) is 16.8 Å². The molecule has 4 fully saturated rings. The van der Waals surface area contributed by atoms with Gasteiger partial charge in [-0.05, 0) is 229 Å². The zero-order valence-corrected chi connectivity index (χ0v) is 84.0. The molecule has 21 rings (SSSR count). The summed E-state index contributed by atoms with van der Waals surface area (Å²) in [7, 11) is 1.54. The summed E-state index contributed by atoms with van der Waals surface area (Å²) in [6.45, 7) is 51.4. The second kappa shape index (κ2) is 41.0. The topological polar surface area (TPSA) is 423 Å². The average molecular weight is 1970 g/mol. The van der Waals surface area contributed by atoms with Crippen molar-refractivity contribution in [1.82, 2.24) is 117 Å². The summed E-state index contributed by atoms with van der Waals surface area (Å²) < 4.78 is 84.3. The maximum Gasteiger partial charge on any atom is 0.263 e. The molecule has 0 bridgehead atoms. The molecular formula is C102H119N31O8S2. The zero-order chi connectivity index (χ0) is 101. The minimum Gasteiger partial charge on any atom is -0.433 e. The Labute approximate surface area is 833 Å². The molecule has 143 heavy (non-hydrogen) atoms. The molecule has 0 atom stereocenters. The van der Waals surface area contributed by atoms with Crippen LogP contribution in [0.5, 0.6) is 46.5 Å². The molecule has 8 N–H and O–H groups in total. The Kier molecular flexibility index (Phi) is 28.3. The molecule has 8 aromatic heterocycles. The van der Waals surface area contributed by atoms with Crippen LogP contribution in [-0.2, 0) is 88.5 Å². The highest BCUT2D eigenvalue weighted by Gasteiger charge is 2.55. The molecule has 0 radical (unpaired) electrons. The second-order valence-corrected chi connectivity index (χ2v) is 42.8. The van der Waals surface area contributed by atoms with Gasteiger partial charge in [0.05, 0.1) is 114 Å². The number of anilines is 4. The predicted octanol–water partition coefficient (Wildman–Crippen LogP) is 11.5. The fourth-order valence-corrected chi connectivity index (χ4v) is 22.8. The van der Waals surface area contributed by atoms with Crippen molar-refractivity contribution in [3.8, 4) is 91.5 Å². The number of nitrogens with two attached hydrogens (primary N) is 4. The van der Waals surface area contributed by atoms with Crippen molar-refractivity contribution in [2.24, 2.45) is 0 Å². The number of likely N-dealkylation sites (tertiary alicyclic amines) is 2. The molecule has 16 heterocycles. The summed E-state index contributed by atoms with van der Waals surface area (Å²) in [5, 5.41) is 17.8. The number of ether oxygens (including phenoxy) is 4. The Bertz CT molecular complexity index is 7310. The van der Waals surface area contributed by atoms with Crippen LogP contribution in [0.3, 0.4) is 0 Å². The SMILES string of the molecule is CCN1CC(n2cc(Oc3nc(-c4cc(C)c5c(c4)CN(C)CC5)cnc3N)cn2)C1.[C-]#[N+]CC1(n2cc(Oc3nc(-c4cc(C)c5c(c4)CN(C)CC5)cnc3N)cn2)CN(CC)C1.[C-]#[N+]CC1(n2cc(Oc3nc(-c4cc(C)c5c(c4)CN(C)CC5)cnc3N)cn2)CN(S(=O)(=O)CC)C1.[C-]#[N+]CC1(n2cc(Oc3nc(-c4cc(C)c5c(c4)CN(C)CC5)cnc3N)cn2)CN(S(=O)(=O)c2ccccc2)C1. The molecule has 8 aliphatic rings. The normalized spacial score (nSPS) is 17.3. The first-order valence-electron chi connectivity index (χ1n) is 47.9. The van der Waals surface area contributed by atoms with Gasteiger partial charge in [-0.15, -0.1) is 0 Å². The van der Waals surface area contributed by atoms with Gasteiger partial charge >= 0.3 is 0 Å². The summed E-state index contributed by atoms with van der Waals surface area (Å²) in [6.07, 6.45) is 24.3. The summed E-state index contributed by atoms with van der Waals surface area (Å²) in [5.41, 5.74) is 45.2. The molecule has 4 saturated heterocycles. The van der Waals surface area contributed by atoms with E-state index >= 15 is 0 Å². The van der Waals surface area contributed by atoms with E-state index in [1.54, 1.807) is 96.2 Å². The molecule has 5 aromatic carbocycles. The zero-order valence-electron chi connectivity index (χ0n) is 82.4. The number of likely N-dealkylation sites (N-methyl/N-ethyl adjacent to an activating group) is 6. The van der Waals surface area contributed by atoms with Crippen molar-refractivity contribution in [3.63, 3.8) is 0 Å². The van der Waals surface area contributed by atoms with E-state index in [2.05, 4.69) is 212 Å². The predicted molar refractivity (Wildman–Crippen MR) is 544 cm³/mol. The Morgan fingerprint density at radius 2 is 0.706 bits per heavy atom. The van der Waals surface area contributed by atoms with E-state index in [1.807, 2.05) is 21.8 Å². The molecule has 41 heteroatoms. The standard InChI is InChI=1S/C29H30N8O3S.C25H30N8O3S.C25H30N8O.C23H29N7O/c1-20-11-21(12-22-15-35(3)10-9-25(20)22)26-14-32-27(30)28(34-26)40-23-13-33-37(16-23)29(17-31-2)18-36(19-29)41(38,39)24-7-5-4-6-8-24;1-5-37(34,35)32-15-25(16-32,14-27-3)33-13-20(10-29-33)36-24-23(26)28-11-22(30-24)18-8-17(2)21-6-7-31(4)12-19(21)9-18;1-5-32-15-25(16-32,14-27-3)33-13-20(10-29-33)34-24-23(26)28-11-22(30-24)18-8-17(2)21-6-7-31(4)12-19(21)9-18;1-4-29-12-18(13-29)30-14-19(9-26-30)31-23-22(24)25-10-21(27-23)16-7-15(2)20-5-6-28(3)11-17(20)8-16/h4-8,11-14,16H,9-10,15,17-19H2,1,3H3,(H2,30,32);8-11,13H,5-7,12,14-16H2,1-2,4H3,(H2,26,28);8-11,13H,5-7,12,14-16H2,1-2,4H3,(H2,26,28);7-10,14,18H,4-6,11-13H2,1-3H3,(H2,24,25). The number of nitrogen functional groups attached to an aromatic ring is 4. The second-order valence-electron chi connectivity index (χ2n) is 38.6. The lowest BCUT2D eigenvalue weighted by atomic mass is 9.90. The number of benzene rings is 5. The van der Waals surface area contributed by atoms with Crippen molar-refractivity contribution in [3.05, 3.63) is 254 Å². The lowest BCUT2D eigenvalue weighted by molar-refractivity contribution is 0.0186. The van der Waals surface area contributed by atoms with Crippen molar-refractivity contribution in [2.75, 3.05) is 168 Å². The fourth-order valence-electron chi connectivity index (χ4n) is 20.0. The maximum atomic E-state index is 13.0. The van der Waals surface area contributed by atoms with Crippen molar-refractivity contribution >= 4 is 43.3 Å². The van der Waals surface area contributed by atoms with E-state index in [0.29, 0.717) is 52.9 Å². The number of fused-ring (bicyclic) bond motifs is 4. The smallest absolute Gasteiger partial charge is 0.263 e. The van der Waals surface area contributed by atoms with Crippen molar-refractivity contribution in [2.45, 2.75) is 128 Å². The lowest BCUT2D eigenvalue weighted by Crippen LogP contribution is -2.65. The number of aromatic nitrogens is 16. The number of rotatable bonds is 25. The first-order chi connectivity index (χ1) is 68.7. The molecular weight excluding hydrogens is 1850 g/mol. The van der Waals surface area contributed by atoms with Gasteiger partial charge in [0.15, 0.2) is 62.9 Å². The summed E-state index contributed by atoms with van der Waals surface area (Å²) in [6, 6.07) is 26.0. The molecule has 39 nitrogen and oxygen atoms in total. The van der Waals surface area contributed by atoms with Crippen molar-refractivity contribution in [1.29, 1.82) is 0 Å². The number of hydrogen-bond donors (Lipinski definition) is 4. The van der Waals surface area contributed by atoms with Gasteiger partial charge in [-0.1, -0.05) is 32.0 Å².